The van der Waals surface area contributed by atoms with Gasteiger partial charge in [0.2, 0.25) is 0 Å². The number of hydrogen-bond acceptors (Lipinski definition) is 4. The molecule has 0 bridgehead atoms. The third kappa shape index (κ3) is 5.98. The van der Waals surface area contributed by atoms with Crippen LogP contribution in [0.4, 0.5) is 0 Å². The molecular formula is C45H38O4. The molecule has 0 fully saturated rings. The van der Waals surface area contributed by atoms with Crippen molar-refractivity contribution in [1.82, 2.24) is 0 Å². The molecule has 1 aliphatic rings. The Labute approximate surface area is 288 Å². The van der Waals surface area contributed by atoms with Crippen molar-refractivity contribution in [3.05, 3.63) is 194 Å². The van der Waals surface area contributed by atoms with E-state index >= 15 is 0 Å². The molecule has 0 unspecified atom stereocenters. The first-order valence-electron chi connectivity index (χ1n) is 16.6. The summed E-state index contributed by atoms with van der Waals surface area (Å²) in [6.07, 6.45) is 2.89. The lowest BCUT2D eigenvalue weighted by molar-refractivity contribution is 0.180. The predicted octanol–water partition coefficient (Wildman–Crippen LogP) is 10.5. The van der Waals surface area contributed by atoms with Crippen LogP contribution in [0.25, 0.3) is 33.4 Å². The lowest BCUT2D eigenvalue weighted by Gasteiger charge is -2.35. The summed E-state index contributed by atoms with van der Waals surface area (Å²) >= 11 is 0. The van der Waals surface area contributed by atoms with Gasteiger partial charge in [-0.05, 0) is 68.8 Å². The fraction of sp³-hybridized carbons (Fsp3) is 0.111. The van der Waals surface area contributed by atoms with Crippen LogP contribution in [0.3, 0.4) is 0 Å². The zero-order valence-electron chi connectivity index (χ0n) is 27.4. The van der Waals surface area contributed by atoms with E-state index in [4.69, 9.17) is 18.9 Å². The summed E-state index contributed by atoms with van der Waals surface area (Å²) < 4.78 is 23.4. The van der Waals surface area contributed by atoms with Gasteiger partial charge in [-0.15, -0.1) is 0 Å². The van der Waals surface area contributed by atoms with E-state index in [1.165, 1.54) is 34.8 Å². The van der Waals surface area contributed by atoms with Gasteiger partial charge in [0.1, 0.15) is 37.9 Å². The lowest BCUT2D eigenvalue weighted by atomic mass is 9.67. The smallest absolute Gasteiger partial charge is 0.127 e. The molecule has 0 spiro atoms. The van der Waals surface area contributed by atoms with Gasteiger partial charge in [-0.3, -0.25) is 0 Å². The summed E-state index contributed by atoms with van der Waals surface area (Å²) in [5.41, 5.74) is 10.8. The Morgan fingerprint density at radius 3 is 1.27 bits per heavy atom. The van der Waals surface area contributed by atoms with E-state index in [1.54, 1.807) is 0 Å². The van der Waals surface area contributed by atoms with Crippen LogP contribution in [-0.2, 0) is 14.9 Å². The molecule has 0 aliphatic heterocycles. The highest BCUT2D eigenvalue weighted by atomic mass is 16.5. The minimum Gasteiger partial charge on any atom is -0.498 e. The SMILES string of the molecule is C=COCCOc1ccc(C2(c3ccc(OCCOC=C)c(-c4ccccc4)c3)c3ccccc3-c3ccccc32)cc1-c1ccccc1. The highest BCUT2D eigenvalue weighted by Crippen LogP contribution is 2.57. The molecule has 0 atom stereocenters. The van der Waals surface area contributed by atoms with Crippen LogP contribution < -0.4 is 9.47 Å². The van der Waals surface area contributed by atoms with Crippen molar-refractivity contribution in [2.24, 2.45) is 0 Å². The van der Waals surface area contributed by atoms with E-state index in [-0.39, 0.29) is 0 Å². The highest BCUT2D eigenvalue weighted by molar-refractivity contribution is 5.88. The Morgan fingerprint density at radius 1 is 0.429 bits per heavy atom. The molecule has 1 aliphatic carbocycles. The van der Waals surface area contributed by atoms with Crippen molar-refractivity contribution in [2.75, 3.05) is 26.4 Å². The van der Waals surface area contributed by atoms with Gasteiger partial charge in [0.15, 0.2) is 0 Å². The van der Waals surface area contributed by atoms with Gasteiger partial charge in [0, 0.05) is 11.1 Å². The normalized spacial score (nSPS) is 12.3. The maximum atomic E-state index is 6.33. The first kappa shape index (κ1) is 31.6. The maximum absolute atomic E-state index is 6.33. The highest BCUT2D eigenvalue weighted by Gasteiger charge is 2.46. The molecule has 7 rings (SSSR count). The maximum Gasteiger partial charge on any atom is 0.127 e. The van der Waals surface area contributed by atoms with Crippen LogP contribution in [-0.4, -0.2) is 26.4 Å². The molecular weight excluding hydrogens is 604 g/mol. The summed E-state index contributed by atoms with van der Waals surface area (Å²) in [6, 6.07) is 51.6. The summed E-state index contributed by atoms with van der Waals surface area (Å²) in [5.74, 6) is 1.60. The summed E-state index contributed by atoms with van der Waals surface area (Å²) in [4.78, 5) is 0. The monoisotopic (exact) mass is 642 g/mol. The van der Waals surface area contributed by atoms with Gasteiger partial charge in [-0.1, -0.05) is 134 Å². The van der Waals surface area contributed by atoms with Crippen molar-refractivity contribution in [3.63, 3.8) is 0 Å². The van der Waals surface area contributed by atoms with Gasteiger partial charge >= 0.3 is 0 Å². The largest absolute Gasteiger partial charge is 0.498 e. The number of fused-ring (bicyclic) bond motifs is 3. The summed E-state index contributed by atoms with van der Waals surface area (Å²) in [7, 11) is 0. The van der Waals surface area contributed by atoms with Gasteiger partial charge < -0.3 is 18.9 Å². The fourth-order valence-electron chi connectivity index (χ4n) is 7.05. The van der Waals surface area contributed by atoms with Crippen molar-refractivity contribution < 1.29 is 18.9 Å². The van der Waals surface area contributed by atoms with Crippen LogP contribution in [0.2, 0.25) is 0 Å². The average Bonchev–Trinajstić information content (AvgIpc) is 3.47. The fourth-order valence-corrected chi connectivity index (χ4v) is 7.05. The molecule has 0 amide bonds. The topological polar surface area (TPSA) is 36.9 Å². The van der Waals surface area contributed by atoms with Crippen LogP contribution in [0.15, 0.2) is 171 Å². The van der Waals surface area contributed by atoms with Crippen molar-refractivity contribution in [1.29, 1.82) is 0 Å². The Balaban J connectivity index is 1.48. The van der Waals surface area contributed by atoms with E-state index in [9.17, 15) is 0 Å². The Bertz CT molecular complexity index is 1920. The van der Waals surface area contributed by atoms with E-state index in [0.717, 1.165) is 44.9 Å². The predicted molar refractivity (Wildman–Crippen MR) is 198 cm³/mol. The lowest BCUT2D eigenvalue weighted by Crippen LogP contribution is -2.29. The van der Waals surface area contributed by atoms with Crippen molar-refractivity contribution >= 4 is 0 Å². The first-order chi connectivity index (χ1) is 24.3. The third-order valence-electron chi connectivity index (χ3n) is 9.10. The number of benzene rings is 6. The molecule has 6 aromatic rings. The third-order valence-corrected chi connectivity index (χ3v) is 9.10. The molecule has 0 radical (unpaired) electrons. The molecule has 0 aromatic heterocycles. The van der Waals surface area contributed by atoms with Crippen molar-refractivity contribution in [3.8, 4) is 44.9 Å². The average molecular weight is 643 g/mol. The minimum absolute atomic E-state index is 0.405. The standard InChI is InChI=1S/C45H38O4/c1-3-46-27-29-48-43-25-23-35(31-39(43)33-15-7-5-8-16-33)45(41-21-13-11-19-37(41)38-20-12-14-22-42(38)45)36-24-26-44(49-30-28-47-4-2)40(32-36)34-17-9-6-10-18-34/h3-26,31-32H,1-2,27-30H2. The summed E-state index contributed by atoms with van der Waals surface area (Å²) in [6.45, 7) is 8.96. The molecule has 0 heterocycles. The molecule has 242 valence electrons. The first-order valence-corrected chi connectivity index (χ1v) is 16.6. The number of rotatable bonds is 14. The number of ether oxygens (including phenoxy) is 4. The van der Waals surface area contributed by atoms with Crippen LogP contribution in [0.1, 0.15) is 22.3 Å². The van der Waals surface area contributed by atoms with E-state index in [0.29, 0.717) is 26.4 Å². The second-order valence-corrected chi connectivity index (χ2v) is 11.8. The Kier molecular flexibility index (Phi) is 9.29. The van der Waals surface area contributed by atoms with Crippen molar-refractivity contribution in [2.45, 2.75) is 5.41 Å². The molecule has 49 heavy (non-hydrogen) atoms. The van der Waals surface area contributed by atoms with Crippen LogP contribution in [0, 0.1) is 0 Å². The molecule has 0 N–H and O–H groups in total. The molecule has 4 heteroatoms. The van der Waals surface area contributed by atoms with E-state index in [2.05, 4.69) is 147 Å². The second-order valence-electron chi connectivity index (χ2n) is 11.8. The molecule has 4 nitrogen and oxygen atoms in total. The summed E-state index contributed by atoms with van der Waals surface area (Å²) in [5, 5.41) is 0. The number of hydrogen-bond donors (Lipinski definition) is 0. The Hall–Kier alpha value is -6.00. The molecule has 0 saturated carbocycles. The molecule has 0 saturated heterocycles. The van der Waals surface area contributed by atoms with E-state index in [1.807, 2.05) is 12.1 Å². The quantitative estimate of drug-likeness (QED) is 0.0874. The van der Waals surface area contributed by atoms with Gasteiger partial charge in [0.25, 0.3) is 0 Å². The zero-order valence-corrected chi connectivity index (χ0v) is 27.4. The Morgan fingerprint density at radius 2 is 0.837 bits per heavy atom. The minimum atomic E-state index is -0.630. The van der Waals surface area contributed by atoms with E-state index < -0.39 is 5.41 Å². The van der Waals surface area contributed by atoms with Gasteiger partial charge in [-0.2, -0.15) is 0 Å². The molecule has 6 aromatic carbocycles. The van der Waals surface area contributed by atoms with Crippen LogP contribution in [0.5, 0.6) is 11.5 Å². The zero-order chi connectivity index (χ0) is 33.5. The van der Waals surface area contributed by atoms with Gasteiger partial charge in [0.05, 0.1) is 17.9 Å². The van der Waals surface area contributed by atoms with Gasteiger partial charge in [-0.25, -0.2) is 0 Å². The van der Waals surface area contributed by atoms with Crippen LogP contribution >= 0.6 is 0 Å². The second kappa shape index (κ2) is 14.4.